The van der Waals surface area contributed by atoms with Gasteiger partial charge in [-0.2, -0.15) is 4.57 Å². The van der Waals surface area contributed by atoms with E-state index in [0.29, 0.717) is 0 Å². The van der Waals surface area contributed by atoms with E-state index < -0.39 is 0 Å². The van der Waals surface area contributed by atoms with Gasteiger partial charge in [0.25, 0.3) is 0 Å². The summed E-state index contributed by atoms with van der Waals surface area (Å²) in [4.78, 5) is 0. The SMILES string of the molecule is CC(C)(C)c1ccn2cc[n+](-c3cc4c(C(C)(C)C)cccn4n3)cc12. The van der Waals surface area contributed by atoms with Crippen LogP contribution in [0.1, 0.15) is 52.7 Å². The van der Waals surface area contributed by atoms with Crippen LogP contribution < -0.4 is 4.57 Å². The predicted molar refractivity (Wildman–Crippen MR) is 105 cm³/mol. The van der Waals surface area contributed by atoms with E-state index in [-0.39, 0.29) is 10.8 Å². The molecule has 0 saturated carbocycles. The Bertz CT molecular complexity index is 1100. The molecular weight excluding hydrogens is 320 g/mol. The third-order valence-electron chi connectivity index (χ3n) is 4.97. The van der Waals surface area contributed by atoms with Crippen LogP contribution in [-0.4, -0.2) is 14.0 Å². The van der Waals surface area contributed by atoms with Gasteiger partial charge in [0, 0.05) is 12.4 Å². The Kier molecular flexibility index (Phi) is 3.52. The first kappa shape index (κ1) is 16.8. The van der Waals surface area contributed by atoms with Crippen molar-refractivity contribution in [1.29, 1.82) is 0 Å². The first-order valence-electron chi connectivity index (χ1n) is 9.16. The number of pyridine rings is 1. The molecule has 4 aromatic heterocycles. The molecule has 0 aliphatic heterocycles. The Hall–Kier alpha value is -2.62. The van der Waals surface area contributed by atoms with Crippen LogP contribution in [0.3, 0.4) is 0 Å². The standard InChI is InChI=1S/C22H27N4/c1-21(2,3)16-8-7-10-26-18(16)14-20(23-26)25-13-12-24-11-9-17(19(24)15-25)22(4,5)6/h7-15H,1-6H3/q+1. The second kappa shape index (κ2) is 5.44. The molecule has 0 N–H and O–H groups in total. The summed E-state index contributed by atoms with van der Waals surface area (Å²) in [5.41, 5.74) is 5.20. The fraction of sp³-hybridized carbons (Fsp3) is 0.364. The van der Waals surface area contributed by atoms with Crippen molar-refractivity contribution in [2.45, 2.75) is 52.4 Å². The molecule has 0 aliphatic carbocycles. The molecule has 4 aromatic rings. The van der Waals surface area contributed by atoms with Gasteiger partial charge in [0.05, 0.1) is 28.4 Å². The second-order valence-corrected chi connectivity index (χ2v) is 9.11. The highest BCUT2D eigenvalue weighted by atomic mass is 15.3. The van der Waals surface area contributed by atoms with E-state index in [1.54, 1.807) is 0 Å². The molecule has 0 unspecified atom stereocenters. The average Bonchev–Trinajstić information content (AvgIpc) is 3.16. The minimum Gasteiger partial charge on any atom is -0.317 e. The average molecular weight is 347 g/mol. The van der Waals surface area contributed by atoms with Crippen molar-refractivity contribution in [2.24, 2.45) is 0 Å². The van der Waals surface area contributed by atoms with Crippen LogP contribution in [0.2, 0.25) is 0 Å². The third-order valence-corrected chi connectivity index (χ3v) is 4.97. The van der Waals surface area contributed by atoms with E-state index in [4.69, 9.17) is 5.10 Å². The van der Waals surface area contributed by atoms with E-state index >= 15 is 0 Å². The van der Waals surface area contributed by atoms with Crippen LogP contribution in [0.15, 0.2) is 55.2 Å². The normalized spacial score (nSPS) is 13.0. The molecule has 0 fully saturated rings. The number of aromatic nitrogens is 4. The molecule has 4 nitrogen and oxygen atoms in total. The van der Waals surface area contributed by atoms with Crippen LogP contribution in [0.5, 0.6) is 0 Å². The topological polar surface area (TPSA) is 25.6 Å². The maximum Gasteiger partial charge on any atom is 0.355 e. The largest absolute Gasteiger partial charge is 0.355 e. The summed E-state index contributed by atoms with van der Waals surface area (Å²) in [5, 5.41) is 4.81. The van der Waals surface area contributed by atoms with Gasteiger partial charge >= 0.3 is 5.82 Å². The van der Waals surface area contributed by atoms with E-state index in [1.807, 2.05) is 10.7 Å². The fourth-order valence-electron chi connectivity index (χ4n) is 3.58. The number of nitrogens with zero attached hydrogens (tertiary/aromatic N) is 4. The quantitative estimate of drug-likeness (QED) is 0.467. The summed E-state index contributed by atoms with van der Waals surface area (Å²) in [6.07, 6.45) is 10.5. The van der Waals surface area contributed by atoms with Gasteiger partial charge < -0.3 is 4.40 Å². The summed E-state index contributed by atoms with van der Waals surface area (Å²) in [5.74, 6) is 0.935. The highest BCUT2D eigenvalue weighted by Gasteiger charge is 2.23. The van der Waals surface area contributed by atoms with E-state index in [0.717, 1.165) is 11.3 Å². The van der Waals surface area contributed by atoms with Crippen LogP contribution in [0.4, 0.5) is 0 Å². The maximum absolute atomic E-state index is 4.81. The van der Waals surface area contributed by atoms with Gasteiger partial charge in [-0.3, -0.25) is 0 Å². The van der Waals surface area contributed by atoms with E-state index in [1.165, 1.54) is 16.6 Å². The summed E-state index contributed by atoms with van der Waals surface area (Å²) >= 11 is 0. The first-order chi connectivity index (χ1) is 12.1. The zero-order chi connectivity index (χ0) is 18.7. The summed E-state index contributed by atoms with van der Waals surface area (Å²) < 4.78 is 6.27. The lowest BCUT2D eigenvalue weighted by Gasteiger charge is -2.18. The molecule has 134 valence electrons. The van der Waals surface area contributed by atoms with Crippen molar-refractivity contribution < 1.29 is 4.57 Å². The van der Waals surface area contributed by atoms with Gasteiger partial charge in [-0.05, 0) is 34.1 Å². The molecule has 0 amide bonds. The minimum atomic E-state index is 0.0787. The van der Waals surface area contributed by atoms with E-state index in [9.17, 15) is 0 Å². The van der Waals surface area contributed by atoms with Gasteiger partial charge in [0.15, 0.2) is 0 Å². The molecular formula is C22H27N4+. The zero-order valence-corrected chi connectivity index (χ0v) is 16.5. The van der Waals surface area contributed by atoms with Crippen molar-refractivity contribution in [2.75, 3.05) is 0 Å². The van der Waals surface area contributed by atoms with Crippen LogP contribution in [0.25, 0.3) is 16.9 Å². The minimum absolute atomic E-state index is 0.0787. The molecule has 4 heterocycles. The van der Waals surface area contributed by atoms with Crippen molar-refractivity contribution in [3.8, 4) is 5.82 Å². The van der Waals surface area contributed by atoms with Gasteiger partial charge in [-0.15, -0.1) is 4.52 Å². The summed E-state index contributed by atoms with van der Waals surface area (Å²) in [6, 6.07) is 8.65. The number of hydrogen-bond acceptors (Lipinski definition) is 1. The summed E-state index contributed by atoms with van der Waals surface area (Å²) in [6.45, 7) is 13.5. The number of rotatable bonds is 1. The lowest BCUT2D eigenvalue weighted by Crippen LogP contribution is -2.31. The van der Waals surface area contributed by atoms with Crippen molar-refractivity contribution >= 4 is 11.0 Å². The predicted octanol–water partition coefficient (Wildman–Crippen LogP) is 4.46. The second-order valence-electron chi connectivity index (χ2n) is 9.11. The van der Waals surface area contributed by atoms with Gasteiger partial charge in [-0.25, -0.2) is 0 Å². The first-order valence-corrected chi connectivity index (χ1v) is 9.16. The van der Waals surface area contributed by atoms with E-state index in [2.05, 4.69) is 99.6 Å². The molecule has 0 bridgehead atoms. The monoisotopic (exact) mass is 347 g/mol. The summed E-state index contributed by atoms with van der Waals surface area (Å²) in [7, 11) is 0. The van der Waals surface area contributed by atoms with Crippen LogP contribution in [0, 0.1) is 0 Å². The fourth-order valence-corrected chi connectivity index (χ4v) is 3.58. The van der Waals surface area contributed by atoms with Crippen LogP contribution >= 0.6 is 0 Å². The smallest absolute Gasteiger partial charge is 0.317 e. The molecule has 0 radical (unpaired) electrons. The molecule has 0 aromatic carbocycles. The highest BCUT2D eigenvalue weighted by Crippen LogP contribution is 2.28. The molecule has 26 heavy (non-hydrogen) atoms. The molecule has 4 rings (SSSR count). The number of hydrogen-bond donors (Lipinski definition) is 0. The molecule has 0 aliphatic rings. The van der Waals surface area contributed by atoms with Crippen molar-refractivity contribution in [1.82, 2.24) is 14.0 Å². The lowest BCUT2D eigenvalue weighted by molar-refractivity contribution is -0.598. The Balaban J connectivity index is 1.90. The Morgan fingerprint density at radius 3 is 2.23 bits per heavy atom. The van der Waals surface area contributed by atoms with Gasteiger partial charge in [0.1, 0.15) is 12.4 Å². The zero-order valence-electron chi connectivity index (χ0n) is 16.5. The highest BCUT2D eigenvalue weighted by molar-refractivity contribution is 5.60. The maximum atomic E-state index is 4.81. The molecule has 0 saturated heterocycles. The van der Waals surface area contributed by atoms with Crippen LogP contribution in [-0.2, 0) is 10.8 Å². The van der Waals surface area contributed by atoms with Crippen molar-refractivity contribution in [3.05, 3.63) is 66.4 Å². The third kappa shape index (κ3) is 2.70. The Labute approximate surface area is 154 Å². The molecule has 0 atom stereocenters. The molecule has 4 heteroatoms. The number of fused-ring (bicyclic) bond motifs is 2. The lowest BCUT2D eigenvalue weighted by atomic mass is 9.87. The molecule has 0 spiro atoms. The Morgan fingerprint density at radius 2 is 1.54 bits per heavy atom. The Morgan fingerprint density at radius 1 is 0.846 bits per heavy atom. The van der Waals surface area contributed by atoms with Gasteiger partial charge in [0.2, 0.25) is 0 Å². The van der Waals surface area contributed by atoms with Crippen molar-refractivity contribution in [3.63, 3.8) is 0 Å². The van der Waals surface area contributed by atoms with Gasteiger partial charge in [-0.1, -0.05) is 47.6 Å².